The van der Waals surface area contributed by atoms with Crippen molar-refractivity contribution in [2.75, 3.05) is 13.1 Å². The minimum absolute atomic E-state index is 0.0355. The molecule has 1 unspecified atom stereocenters. The van der Waals surface area contributed by atoms with Gasteiger partial charge in [0.25, 0.3) is 5.91 Å². The zero-order chi connectivity index (χ0) is 18.1. The van der Waals surface area contributed by atoms with E-state index in [1.54, 1.807) is 12.3 Å². The molecule has 0 aliphatic carbocycles. The van der Waals surface area contributed by atoms with Crippen LogP contribution in [0.25, 0.3) is 11.1 Å². The van der Waals surface area contributed by atoms with Gasteiger partial charge in [0.1, 0.15) is 0 Å². The molecular formula is C19H16Cl2N4O. The number of carbonyl (C=O) groups excluding carboxylic acids is 1. The van der Waals surface area contributed by atoms with Crippen LogP contribution in [0, 0.1) is 0 Å². The van der Waals surface area contributed by atoms with Crippen LogP contribution < -0.4 is 0 Å². The second kappa shape index (κ2) is 7.09. The molecule has 0 radical (unpaired) electrons. The quantitative estimate of drug-likeness (QED) is 0.672. The highest BCUT2D eigenvalue weighted by Crippen LogP contribution is 2.29. The second-order valence-corrected chi connectivity index (χ2v) is 7.10. The Hall–Kier alpha value is -2.37. The van der Waals surface area contributed by atoms with Crippen molar-refractivity contribution in [2.45, 2.75) is 12.5 Å². The maximum atomic E-state index is 12.8. The molecule has 0 saturated carbocycles. The summed E-state index contributed by atoms with van der Waals surface area (Å²) in [6, 6.07) is 13.3. The third-order valence-electron chi connectivity index (χ3n) is 4.65. The number of rotatable bonds is 3. The van der Waals surface area contributed by atoms with Gasteiger partial charge < -0.3 is 4.90 Å². The molecule has 7 heteroatoms. The summed E-state index contributed by atoms with van der Waals surface area (Å²) in [7, 11) is 0. The van der Waals surface area contributed by atoms with E-state index >= 15 is 0 Å². The number of aromatic nitrogens is 3. The number of amides is 1. The molecule has 4 rings (SSSR count). The van der Waals surface area contributed by atoms with Crippen molar-refractivity contribution in [1.29, 1.82) is 0 Å². The highest BCUT2D eigenvalue weighted by Gasteiger charge is 2.28. The first-order chi connectivity index (χ1) is 12.6. The fourth-order valence-electron chi connectivity index (χ4n) is 3.22. The smallest absolute Gasteiger partial charge is 0.253 e. The summed E-state index contributed by atoms with van der Waals surface area (Å²) in [4.78, 5) is 14.6. The Kier molecular flexibility index (Phi) is 4.66. The topological polar surface area (TPSA) is 51.0 Å². The number of hydrogen-bond donors (Lipinski definition) is 0. The number of likely N-dealkylation sites (tertiary alicyclic amines) is 1. The van der Waals surface area contributed by atoms with Gasteiger partial charge in [-0.25, -0.2) is 4.68 Å². The molecule has 3 aromatic rings. The highest BCUT2D eigenvalue weighted by atomic mass is 35.5. The average Bonchev–Trinajstić information content (AvgIpc) is 3.35. The van der Waals surface area contributed by atoms with E-state index in [-0.39, 0.29) is 11.9 Å². The van der Waals surface area contributed by atoms with Gasteiger partial charge in [-0.05, 0) is 41.8 Å². The second-order valence-electron chi connectivity index (χ2n) is 6.28. The zero-order valence-electron chi connectivity index (χ0n) is 13.8. The van der Waals surface area contributed by atoms with Crippen LogP contribution in [0.5, 0.6) is 0 Å². The van der Waals surface area contributed by atoms with Gasteiger partial charge in [-0.2, -0.15) is 0 Å². The summed E-state index contributed by atoms with van der Waals surface area (Å²) in [6.07, 6.45) is 4.38. The molecule has 1 fully saturated rings. The Balaban J connectivity index is 1.48. The first kappa shape index (κ1) is 17.1. The van der Waals surface area contributed by atoms with Crippen molar-refractivity contribution in [1.82, 2.24) is 19.9 Å². The first-order valence-corrected chi connectivity index (χ1v) is 9.08. The van der Waals surface area contributed by atoms with Gasteiger partial charge in [0, 0.05) is 24.8 Å². The van der Waals surface area contributed by atoms with Crippen molar-refractivity contribution in [3.63, 3.8) is 0 Å². The summed E-state index contributed by atoms with van der Waals surface area (Å²) in [5, 5.41) is 8.91. The van der Waals surface area contributed by atoms with Crippen molar-refractivity contribution in [2.24, 2.45) is 0 Å². The number of benzene rings is 2. The molecule has 1 aromatic heterocycles. The zero-order valence-corrected chi connectivity index (χ0v) is 15.4. The summed E-state index contributed by atoms with van der Waals surface area (Å²) >= 11 is 12.0. The molecule has 26 heavy (non-hydrogen) atoms. The predicted molar refractivity (Wildman–Crippen MR) is 101 cm³/mol. The molecule has 2 heterocycles. The SMILES string of the molecule is O=C(c1ccc(-c2ccc(Cl)c(Cl)c2)cc1)N1CCC(n2ccnn2)C1. The number of hydrogen-bond acceptors (Lipinski definition) is 3. The maximum Gasteiger partial charge on any atom is 0.253 e. The van der Waals surface area contributed by atoms with Gasteiger partial charge >= 0.3 is 0 Å². The van der Waals surface area contributed by atoms with Crippen LogP contribution >= 0.6 is 23.2 Å². The number of nitrogens with zero attached hydrogens (tertiary/aromatic N) is 4. The van der Waals surface area contributed by atoms with E-state index in [2.05, 4.69) is 10.3 Å². The Morgan fingerprint density at radius 3 is 2.50 bits per heavy atom. The largest absolute Gasteiger partial charge is 0.336 e. The summed E-state index contributed by atoms with van der Waals surface area (Å²) in [6.45, 7) is 1.37. The van der Waals surface area contributed by atoms with E-state index in [9.17, 15) is 4.79 Å². The molecule has 2 aromatic carbocycles. The molecule has 1 amide bonds. The van der Waals surface area contributed by atoms with E-state index in [0.29, 0.717) is 22.2 Å². The fraction of sp³-hybridized carbons (Fsp3) is 0.211. The monoisotopic (exact) mass is 386 g/mol. The van der Waals surface area contributed by atoms with E-state index in [0.717, 1.165) is 24.1 Å². The molecular weight excluding hydrogens is 371 g/mol. The van der Waals surface area contributed by atoms with Crippen molar-refractivity contribution in [3.8, 4) is 11.1 Å². The Morgan fingerprint density at radius 2 is 1.81 bits per heavy atom. The number of carbonyl (C=O) groups is 1. The van der Waals surface area contributed by atoms with Crippen LogP contribution in [0.1, 0.15) is 22.8 Å². The van der Waals surface area contributed by atoms with Crippen LogP contribution in [0.15, 0.2) is 54.9 Å². The van der Waals surface area contributed by atoms with Crippen LogP contribution in [-0.4, -0.2) is 38.9 Å². The maximum absolute atomic E-state index is 12.8. The summed E-state index contributed by atoms with van der Waals surface area (Å²) in [5.41, 5.74) is 2.63. The van der Waals surface area contributed by atoms with Crippen molar-refractivity contribution >= 4 is 29.1 Å². The van der Waals surface area contributed by atoms with Gasteiger partial charge in [-0.15, -0.1) is 5.10 Å². The van der Waals surface area contributed by atoms with Crippen molar-refractivity contribution in [3.05, 3.63) is 70.5 Å². The van der Waals surface area contributed by atoms with Gasteiger partial charge in [0.2, 0.25) is 0 Å². The normalized spacial score (nSPS) is 16.8. The summed E-state index contributed by atoms with van der Waals surface area (Å²) in [5.74, 6) is 0.0355. The van der Waals surface area contributed by atoms with E-state index in [1.165, 1.54) is 0 Å². The molecule has 0 N–H and O–H groups in total. The van der Waals surface area contributed by atoms with Crippen LogP contribution in [0.3, 0.4) is 0 Å². The highest BCUT2D eigenvalue weighted by molar-refractivity contribution is 6.42. The fourth-order valence-corrected chi connectivity index (χ4v) is 3.52. The lowest BCUT2D eigenvalue weighted by Gasteiger charge is -2.17. The Morgan fingerprint density at radius 1 is 1.04 bits per heavy atom. The van der Waals surface area contributed by atoms with E-state index in [1.807, 2.05) is 52.2 Å². The van der Waals surface area contributed by atoms with Gasteiger partial charge in [-0.1, -0.05) is 46.6 Å². The van der Waals surface area contributed by atoms with Crippen molar-refractivity contribution < 1.29 is 4.79 Å². The molecule has 1 aliphatic rings. The minimum atomic E-state index is 0.0355. The van der Waals surface area contributed by atoms with Gasteiger partial charge in [-0.3, -0.25) is 4.79 Å². The molecule has 5 nitrogen and oxygen atoms in total. The van der Waals surface area contributed by atoms with Gasteiger partial charge in [0.15, 0.2) is 0 Å². The predicted octanol–water partition coefficient (Wildman–Crippen LogP) is 4.34. The standard InChI is InChI=1S/C19H16Cl2N4O/c20-17-6-5-15(11-18(17)21)13-1-3-14(4-2-13)19(26)24-9-7-16(12-24)25-10-8-22-23-25/h1-6,8,10-11,16H,7,9,12H2. The Bertz CT molecular complexity index is 925. The lowest BCUT2D eigenvalue weighted by molar-refractivity contribution is 0.0787. The van der Waals surface area contributed by atoms with Gasteiger partial charge in [0.05, 0.1) is 22.3 Å². The lowest BCUT2D eigenvalue weighted by Crippen LogP contribution is -2.29. The molecule has 0 spiro atoms. The molecule has 1 aliphatic heterocycles. The molecule has 0 bridgehead atoms. The summed E-state index contributed by atoms with van der Waals surface area (Å²) < 4.78 is 1.82. The third-order valence-corrected chi connectivity index (χ3v) is 5.39. The van der Waals surface area contributed by atoms with Crippen LogP contribution in [0.4, 0.5) is 0 Å². The van der Waals surface area contributed by atoms with E-state index in [4.69, 9.17) is 23.2 Å². The lowest BCUT2D eigenvalue weighted by atomic mass is 10.0. The molecule has 1 atom stereocenters. The molecule has 1 saturated heterocycles. The van der Waals surface area contributed by atoms with E-state index < -0.39 is 0 Å². The van der Waals surface area contributed by atoms with Crippen LogP contribution in [-0.2, 0) is 0 Å². The third kappa shape index (κ3) is 3.32. The molecule has 132 valence electrons. The van der Waals surface area contributed by atoms with Crippen LogP contribution in [0.2, 0.25) is 10.0 Å². The Labute approximate surface area is 161 Å². The first-order valence-electron chi connectivity index (χ1n) is 8.32. The minimum Gasteiger partial charge on any atom is -0.336 e. The average molecular weight is 387 g/mol. The number of halogens is 2.